The van der Waals surface area contributed by atoms with Crippen molar-refractivity contribution in [2.75, 3.05) is 0 Å². The molecule has 0 unspecified atom stereocenters. The van der Waals surface area contributed by atoms with Gasteiger partial charge in [0.25, 0.3) is 5.56 Å². The van der Waals surface area contributed by atoms with Gasteiger partial charge in [-0.25, -0.2) is 9.78 Å². The molecule has 6 nitrogen and oxygen atoms in total. The third kappa shape index (κ3) is 3.16. The van der Waals surface area contributed by atoms with Crippen LogP contribution in [-0.2, 0) is 4.74 Å². The summed E-state index contributed by atoms with van der Waals surface area (Å²) in [5.41, 5.74) is 1.48. The molecule has 0 fully saturated rings. The molecule has 1 N–H and O–H groups in total. The summed E-state index contributed by atoms with van der Waals surface area (Å²) in [5, 5.41) is 9.37. The number of thiophene rings is 1. The second kappa shape index (κ2) is 6.49. The smallest absolute Gasteiger partial charge is 0.338 e. The molecule has 0 saturated heterocycles. The van der Waals surface area contributed by atoms with Gasteiger partial charge in [-0.15, -0.1) is 11.3 Å². The highest BCUT2D eigenvalue weighted by molar-refractivity contribution is 7.18. The van der Waals surface area contributed by atoms with Gasteiger partial charge < -0.3 is 9.72 Å². The molecule has 7 heteroatoms. The molecule has 3 rings (SSSR count). The topological polar surface area (TPSA) is 95.8 Å². The number of nitrogens with one attached hydrogen (secondary N) is 1. The second-order valence-corrected chi connectivity index (χ2v) is 6.85. The lowest BCUT2D eigenvalue weighted by Crippen LogP contribution is -2.17. The predicted molar refractivity (Wildman–Crippen MR) is 94.7 cm³/mol. The lowest BCUT2D eigenvalue weighted by molar-refractivity contribution is 0.0320. The van der Waals surface area contributed by atoms with Crippen LogP contribution in [0.25, 0.3) is 10.2 Å². The monoisotopic (exact) mass is 353 g/mol. The van der Waals surface area contributed by atoms with Gasteiger partial charge >= 0.3 is 5.97 Å². The minimum atomic E-state index is -0.706. The summed E-state index contributed by atoms with van der Waals surface area (Å²) in [6.07, 6.45) is -0.706. The van der Waals surface area contributed by atoms with Crippen LogP contribution in [0.1, 0.15) is 45.2 Å². The average molecular weight is 353 g/mol. The molecule has 0 aliphatic carbocycles. The first-order valence-electron chi connectivity index (χ1n) is 7.61. The standard InChI is InChI=1S/C18H15N3O3S/c1-9-11(3)25-17-14(9)16(22)20-15(21-17)10(2)24-18(23)13-6-4-12(8-19)5-7-13/h4-7,10H,1-3H3,(H,20,21,22)/t10-/m0/s1. The van der Waals surface area contributed by atoms with Gasteiger partial charge in [-0.3, -0.25) is 4.79 Å². The molecule has 2 aromatic heterocycles. The zero-order valence-corrected chi connectivity index (χ0v) is 14.7. The summed E-state index contributed by atoms with van der Waals surface area (Å²) >= 11 is 1.44. The molecule has 0 amide bonds. The molecule has 2 heterocycles. The van der Waals surface area contributed by atoms with Crippen molar-refractivity contribution in [3.63, 3.8) is 0 Å². The Morgan fingerprint density at radius 3 is 2.64 bits per heavy atom. The van der Waals surface area contributed by atoms with Crippen molar-refractivity contribution in [2.24, 2.45) is 0 Å². The van der Waals surface area contributed by atoms with E-state index in [0.29, 0.717) is 27.2 Å². The molecule has 25 heavy (non-hydrogen) atoms. The first-order valence-corrected chi connectivity index (χ1v) is 8.43. The van der Waals surface area contributed by atoms with Crippen LogP contribution in [0.4, 0.5) is 0 Å². The fourth-order valence-electron chi connectivity index (χ4n) is 2.43. The minimum absolute atomic E-state index is 0.233. The van der Waals surface area contributed by atoms with Gasteiger partial charge in [0.1, 0.15) is 4.83 Å². The Bertz CT molecular complexity index is 1060. The number of benzene rings is 1. The van der Waals surface area contributed by atoms with Gasteiger partial charge in [-0.05, 0) is 50.6 Å². The third-order valence-corrected chi connectivity index (χ3v) is 5.08. The summed E-state index contributed by atoms with van der Waals surface area (Å²) in [4.78, 5) is 33.3. The molecular formula is C18H15N3O3S. The van der Waals surface area contributed by atoms with E-state index in [1.807, 2.05) is 19.9 Å². The van der Waals surface area contributed by atoms with Gasteiger partial charge in [0.15, 0.2) is 11.9 Å². The predicted octanol–water partition coefficient (Wildman–Crippen LogP) is 3.39. The van der Waals surface area contributed by atoms with Crippen LogP contribution in [0, 0.1) is 25.2 Å². The molecule has 0 saturated carbocycles. The summed E-state index contributed by atoms with van der Waals surface area (Å²) in [5.74, 6) is -0.237. The molecule has 0 radical (unpaired) electrons. The van der Waals surface area contributed by atoms with E-state index in [2.05, 4.69) is 9.97 Å². The summed E-state index contributed by atoms with van der Waals surface area (Å²) in [6, 6.07) is 8.13. The number of aromatic nitrogens is 2. The zero-order chi connectivity index (χ0) is 18.1. The number of fused-ring (bicyclic) bond motifs is 1. The number of carbonyl (C=O) groups excluding carboxylic acids is 1. The van der Waals surface area contributed by atoms with E-state index in [1.54, 1.807) is 19.1 Å². The van der Waals surface area contributed by atoms with Crippen LogP contribution in [0.15, 0.2) is 29.1 Å². The number of hydrogen-bond donors (Lipinski definition) is 1. The Hall–Kier alpha value is -2.98. The van der Waals surface area contributed by atoms with Crippen LogP contribution >= 0.6 is 11.3 Å². The maximum absolute atomic E-state index is 12.3. The number of nitriles is 1. The molecule has 0 bridgehead atoms. The minimum Gasteiger partial charge on any atom is -0.451 e. The fraction of sp³-hybridized carbons (Fsp3) is 0.222. The quantitative estimate of drug-likeness (QED) is 0.728. The molecule has 1 atom stereocenters. The maximum Gasteiger partial charge on any atom is 0.338 e. The molecule has 0 aliphatic rings. The van der Waals surface area contributed by atoms with Crippen LogP contribution in [0.5, 0.6) is 0 Å². The lowest BCUT2D eigenvalue weighted by atomic mass is 10.1. The van der Waals surface area contributed by atoms with Crippen molar-refractivity contribution < 1.29 is 9.53 Å². The highest BCUT2D eigenvalue weighted by atomic mass is 32.1. The Kier molecular flexibility index (Phi) is 4.38. The van der Waals surface area contributed by atoms with E-state index >= 15 is 0 Å². The fourth-order valence-corrected chi connectivity index (χ4v) is 3.47. The van der Waals surface area contributed by atoms with Crippen LogP contribution in [0.2, 0.25) is 0 Å². The molecule has 0 aliphatic heterocycles. The highest BCUT2D eigenvalue weighted by Crippen LogP contribution is 2.27. The number of aromatic amines is 1. The Morgan fingerprint density at radius 1 is 1.32 bits per heavy atom. The van der Waals surface area contributed by atoms with Gasteiger partial charge in [0.05, 0.1) is 22.6 Å². The number of H-pyrrole nitrogens is 1. The second-order valence-electron chi connectivity index (χ2n) is 5.65. The van der Waals surface area contributed by atoms with Gasteiger partial charge in [-0.2, -0.15) is 5.26 Å². The first-order chi connectivity index (χ1) is 11.9. The Labute approximate surface area is 147 Å². The summed E-state index contributed by atoms with van der Waals surface area (Å²) in [7, 11) is 0. The van der Waals surface area contributed by atoms with E-state index < -0.39 is 12.1 Å². The van der Waals surface area contributed by atoms with Crippen molar-refractivity contribution in [1.82, 2.24) is 9.97 Å². The molecular weight excluding hydrogens is 338 g/mol. The van der Waals surface area contributed by atoms with E-state index in [0.717, 1.165) is 10.4 Å². The summed E-state index contributed by atoms with van der Waals surface area (Å²) in [6.45, 7) is 5.48. The number of ether oxygens (including phenoxy) is 1. The number of nitrogens with zero attached hydrogens (tertiary/aromatic N) is 2. The zero-order valence-electron chi connectivity index (χ0n) is 13.9. The highest BCUT2D eigenvalue weighted by Gasteiger charge is 2.19. The van der Waals surface area contributed by atoms with Crippen molar-refractivity contribution in [1.29, 1.82) is 5.26 Å². The SMILES string of the molecule is Cc1sc2nc([C@H](C)OC(=O)c3ccc(C#N)cc3)[nH]c(=O)c2c1C. The maximum atomic E-state index is 12.3. The van der Waals surface area contributed by atoms with Crippen molar-refractivity contribution >= 4 is 27.5 Å². The van der Waals surface area contributed by atoms with Crippen molar-refractivity contribution in [3.8, 4) is 6.07 Å². The van der Waals surface area contributed by atoms with Crippen LogP contribution in [0.3, 0.4) is 0 Å². The lowest BCUT2D eigenvalue weighted by Gasteiger charge is -2.12. The number of rotatable bonds is 3. The third-order valence-electron chi connectivity index (χ3n) is 3.98. The largest absolute Gasteiger partial charge is 0.451 e. The van der Waals surface area contributed by atoms with E-state index in [9.17, 15) is 9.59 Å². The Balaban J connectivity index is 1.86. The normalized spacial score (nSPS) is 11.9. The van der Waals surface area contributed by atoms with E-state index in [-0.39, 0.29) is 5.56 Å². The number of hydrogen-bond acceptors (Lipinski definition) is 6. The van der Waals surface area contributed by atoms with Gasteiger partial charge in [0.2, 0.25) is 0 Å². The van der Waals surface area contributed by atoms with E-state index in [4.69, 9.17) is 10.00 Å². The van der Waals surface area contributed by atoms with Gasteiger partial charge in [0, 0.05) is 4.88 Å². The van der Waals surface area contributed by atoms with E-state index in [1.165, 1.54) is 23.5 Å². The van der Waals surface area contributed by atoms with Gasteiger partial charge in [-0.1, -0.05) is 0 Å². The molecule has 0 spiro atoms. The van der Waals surface area contributed by atoms with Crippen molar-refractivity contribution in [3.05, 3.63) is 62.0 Å². The van der Waals surface area contributed by atoms with Crippen LogP contribution < -0.4 is 5.56 Å². The van der Waals surface area contributed by atoms with Crippen molar-refractivity contribution in [2.45, 2.75) is 26.9 Å². The molecule has 3 aromatic rings. The van der Waals surface area contributed by atoms with Crippen LogP contribution in [-0.4, -0.2) is 15.9 Å². The molecule has 126 valence electrons. The number of esters is 1. The number of carbonyl (C=O) groups is 1. The average Bonchev–Trinajstić information content (AvgIpc) is 2.89. The number of aryl methyl sites for hydroxylation is 2. The first kappa shape index (κ1) is 16.9. The Morgan fingerprint density at radius 2 is 2.00 bits per heavy atom. The molecule has 1 aromatic carbocycles. The summed E-state index contributed by atoms with van der Waals surface area (Å²) < 4.78 is 5.39.